The van der Waals surface area contributed by atoms with Crippen molar-refractivity contribution in [3.63, 3.8) is 0 Å². The van der Waals surface area contributed by atoms with Crippen molar-refractivity contribution in [1.29, 1.82) is 0 Å². The molecule has 9 atom stereocenters. The van der Waals surface area contributed by atoms with E-state index in [0.29, 0.717) is 19.3 Å². The van der Waals surface area contributed by atoms with Gasteiger partial charge in [0.15, 0.2) is 6.29 Å². The maximum Gasteiger partial charge on any atom is 0.249 e. The van der Waals surface area contributed by atoms with E-state index >= 15 is 0 Å². The van der Waals surface area contributed by atoms with E-state index in [1.807, 2.05) is 0 Å². The number of amides is 1. The minimum Gasteiger partial charge on any atom is -0.394 e. The number of allylic oxidation sites excluding steroid dienone is 6. The van der Waals surface area contributed by atoms with Crippen LogP contribution in [0.15, 0.2) is 36.5 Å². The first-order valence-electron chi connectivity index (χ1n) is 29.9. The van der Waals surface area contributed by atoms with Crippen molar-refractivity contribution >= 4 is 5.91 Å². The highest BCUT2D eigenvalue weighted by molar-refractivity contribution is 5.80. The highest BCUT2D eigenvalue weighted by atomic mass is 16.7. The van der Waals surface area contributed by atoms with Gasteiger partial charge in [0.1, 0.15) is 36.6 Å². The third-order valence-corrected chi connectivity index (χ3v) is 14.4. The van der Waals surface area contributed by atoms with Crippen LogP contribution < -0.4 is 5.32 Å². The fourth-order valence-corrected chi connectivity index (χ4v) is 9.53. The number of carbonyl (C=O) groups is 1. The molecule has 1 rings (SSSR count). The lowest BCUT2D eigenvalue weighted by Gasteiger charge is -2.40. The van der Waals surface area contributed by atoms with Crippen molar-refractivity contribution in [3.05, 3.63) is 36.5 Å². The Hall–Kier alpha value is -1.67. The molecule has 11 heteroatoms. The van der Waals surface area contributed by atoms with E-state index in [2.05, 4.69) is 55.6 Å². The molecule has 1 aliphatic rings. The molecule has 1 aliphatic heterocycles. The standard InChI is InChI=1S/C60H113NO10/c1-3-5-7-9-11-13-15-17-19-21-23-25-27-29-31-33-35-37-39-41-43-45-47-52(63)55(65)51(50-70-60-58(68)57(67)56(66)54(49-62)71-60)61-59(69)53(64)48-46-44-42-40-38-36-34-32-30-28-26-24-22-20-18-16-14-12-10-8-6-4-2/h23,25,31,33,39,41,51-58,60,62-68H,3-22,24,26-30,32,34-38,40,42-50H2,1-2H3,(H,61,69)/b25-23+,33-31+,41-39+. The van der Waals surface area contributed by atoms with Gasteiger partial charge in [0, 0.05) is 0 Å². The van der Waals surface area contributed by atoms with Gasteiger partial charge in [0.2, 0.25) is 5.91 Å². The van der Waals surface area contributed by atoms with E-state index in [1.165, 1.54) is 180 Å². The molecule has 0 saturated carbocycles. The summed E-state index contributed by atoms with van der Waals surface area (Å²) in [6.45, 7) is 3.46. The number of carbonyl (C=O) groups excluding carboxylic acids is 1. The van der Waals surface area contributed by atoms with Gasteiger partial charge in [-0.3, -0.25) is 4.79 Å². The summed E-state index contributed by atoms with van der Waals surface area (Å²) in [4.78, 5) is 13.2. The summed E-state index contributed by atoms with van der Waals surface area (Å²) in [5.41, 5.74) is 0. The molecule has 1 amide bonds. The molecule has 0 aromatic rings. The van der Waals surface area contributed by atoms with Crippen LogP contribution in [0.25, 0.3) is 0 Å². The number of hydrogen-bond donors (Lipinski definition) is 8. The van der Waals surface area contributed by atoms with Gasteiger partial charge in [-0.1, -0.05) is 243 Å². The first kappa shape index (κ1) is 67.3. The lowest BCUT2D eigenvalue weighted by Crippen LogP contribution is -2.60. The molecule has 418 valence electrons. The number of ether oxygens (including phenoxy) is 2. The Kier molecular flexibility index (Phi) is 46.7. The molecule has 0 aromatic heterocycles. The zero-order valence-corrected chi connectivity index (χ0v) is 45.7. The van der Waals surface area contributed by atoms with Gasteiger partial charge in [0.25, 0.3) is 0 Å². The minimum absolute atomic E-state index is 0.243. The quantitative estimate of drug-likeness (QED) is 0.0215. The summed E-state index contributed by atoms with van der Waals surface area (Å²) in [5, 5.41) is 76.2. The van der Waals surface area contributed by atoms with Gasteiger partial charge in [-0.05, 0) is 64.2 Å². The Morgan fingerprint density at radius 2 is 0.845 bits per heavy atom. The van der Waals surface area contributed by atoms with E-state index in [4.69, 9.17) is 9.47 Å². The van der Waals surface area contributed by atoms with E-state index < -0.39 is 74.2 Å². The fourth-order valence-electron chi connectivity index (χ4n) is 9.53. The van der Waals surface area contributed by atoms with Crippen LogP contribution in [-0.2, 0) is 14.3 Å². The van der Waals surface area contributed by atoms with E-state index in [-0.39, 0.29) is 12.8 Å². The molecule has 71 heavy (non-hydrogen) atoms. The average Bonchev–Trinajstić information content (AvgIpc) is 3.37. The molecular formula is C60H113NO10. The fraction of sp³-hybridized carbons (Fsp3) is 0.883. The van der Waals surface area contributed by atoms with Crippen molar-refractivity contribution in [2.24, 2.45) is 0 Å². The molecular weight excluding hydrogens is 895 g/mol. The summed E-state index contributed by atoms with van der Waals surface area (Å²) >= 11 is 0. The topological polar surface area (TPSA) is 189 Å². The molecule has 1 saturated heterocycles. The highest BCUT2D eigenvalue weighted by Gasteiger charge is 2.44. The summed E-state index contributed by atoms with van der Waals surface area (Å²) in [6.07, 6.45) is 49.1. The summed E-state index contributed by atoms with van der Waals surface area (Å²) < 4.78 is 11.1. The van der Waals surface area contributed by atoms with Gasteiger partial charge in [0.05, 0.1) is 25.4 Å². The van der Waals surface area contributed by atoms with Gasteiger partial charge in [-0.2, -0.15) is 0 Å². The van der Waals surface area contributed by atoms with Gasteiger partial charge >= 0.3 is 0 Å². The number of aliphatic hydroxyl groups is 7. The molecule has 0 aromatic carbocycles. The largest absolute Gasteiger partial charge is 0.394 e. The van der Waals surface area contributed by atoms with Crippen molar-refractivity contribution in [2.45, 2.75) is 326 Å². The number of unbranched alkanes of at least 4 members (excludes halogenated alkanes) is 33. The zero-order chi connectivity index (χ0) is 51.8. The number of hydrogen-bond acceptors (Lipinski definition) is 10. The van der Waals surface area contributed by atoms with Crippen LogP contribution >= 0.6 is 0 Å². The SMILES string of the molecule is CCCCCCCCCCC/C=C/CC/C=C/CC/C=C/CCCC(O)C(O)C(COC1OC(CO)C(O)C(O)C1O)NC(=O)C(O)CCCCCCCCCCCCCCCCCCCCCCCC. The van der Waals surface area contributed by atoms with E-state index in [0.717, 1.165) is 44.9 Å². The summed E-state index contributed by atoms with van der Waals surface area (Å²) in [6, 6.07) is -1.19. The Balaban J connectivity index is 2.34. The second-order valence-corrected chi connectivity index (χ2v) is 21.0. The van der Waals surface area contributed by atoms with Crippen LogP contribution in [0.5, 0.6) is 0 Å². The van der Waals surface area contributed by atoms with Crippen molar-refractivity contribution in [1.82, 2.24) is 5.32 Å². The van der Waals surface area contributed by atoms with Crippen LogP contribution in [0.4, 0.5) is 0 Å². The predicted octanol–water partition coefficient (Wildman–Crippen LogP) is 12.7. The Morgan fingerprint density at radius 3 is 1.25 bits per heavy atom. The molecule has 1 heterocycles. The third-order valence-electron chi connectivity index (χ3n) is 14.4. The second-order valence-electron chi connectivity index (χ2n) is 21.0. The molecule has 0 spiro atoms. The molecule has 8 N–H and O–H groups in total. The van der Waals surface area contributed by atoms with E-state index in [9.17, 15) is 40.5 Å². The van der Waals surface area contributed by atoms with Gasteiger partial charge in [-0.15, -0.1) is 0 Å². The van der Waals surface area contributed by atoms with Crippen LogP contribution in [0.2, 0.25) is 0 Å². The number of nitrogens with one attached hydrogen (secondary N) is 1. The minimum atomic E-state index is -1.67. The third kappa shape index (κ3) is 37.7. The maximum atomic E-state index is 13.2. The Morgan fingerprint density at radius 1 is 0.479 bits per heavy atom. The Labute approximate surface area is 435 Å². The first-order chi connectivity index (χ1) is 34.7. The van der Waals surface area contributed by atoms with Crippen LogP contribution in [-0.4, -0.2) is 110 Å². The summed E-state index contributed by atoms with van der Waals surface area (Å²) in [5.74, 6) is -0.708. The van der Waals surface area contributed by atoms with E-state index in [1.54, 1.807) is 0 Å². The first-order valence-corrected chi connectivity index (χ1v) is 29.9. The molecule has 11 nitrogen and oxygen atoms in total. The van der Waals surface area contributed by atoms with Crippen LogP contribution in [0, 0.1) is 0 Å². The molecule has 0 radical (unpaired) electrons. The smallest absolute Gasteiger partial charge is 0.249 e. The zero-order valence-electron chi connectivity index (χ0n) is 45.7. The second kappa shape index (κ2) is 49.2. The Bertz CT molecular complexity index is 1250. The lowest BCUT2D eigenvalue weighted by atomic mass is 9.98. The molecule has 9 unspecified atom stereocenters. The highest BCUT2D eigenvalue weighted by Crippen LogP contribution is 2.23. The summed E-state index contributed by atoms with van der Waals surface area (Å²) in [7, 11) is 0. The van der Waals surface area contributed by atoms with Gasteiger partial charge in [-0.25, -0.2) is 0 Å². The van der Waals surface area contributed by atoms with Crippen molar-refractivity contribution in [2.75, 3.05) is 13.2 Å². The van der Waals surface area contributed by atoms with Crippen molar-refractivity contribution in [3.8, 4) is 0 Å². The maximum absolute atomic E-state index is 13.2. The lowest BCUT2D eigenvalue weighted by molar-refractivity contribution is -0.303. The predicted molar refractivity (Wildman–Crippen MR) is 293 cm³/mol. The average molecular weight is 1010 g/mol. The number of rotatable bonds is 51. The van der Waals surface area contributed by atoms with Crippen molar-refractivity contribution < 1.29 is 50.0 Å². The van der Waals surface area contributed by atoms with Crippen LogP contribution in [0.3, 0.4) is 0 Å². The normalized spacial score (nSPS) is 20.4. The van der Waals surface area contributed by atoms with Crippen LogP contribution in [0.1, 0.15) is 271 Å². The molecule has 0 aliphatic carbocycles. The molecule has 0 bridgehead atoms. The molecule has 1 fully saturated rings. The van der Waals surface area contributed by atoms with Gasteiger partial charge < -0.3 is 50.5 Å². The number of aliphatic hydroxyl groups excluding tert-OH is 7. The monoisotopic (exact) mass is 1010 g/mol.